The smallest absolute Gasteiger partial charge is 0.387 e. The normalized spacial score (nSPS) is 20.6. The van der Waals surface area contributed by atoms with Gasteiger partial charge in [0.15, 0.2) is 11.6 Å². The predicted octanol–water partition coefficient (Wildman–Crippen LogP) is 3.46. The highest BCUT2D eigenvalue weighted by atomic mass is 35.5. The zero-order valence-electron chi connectivity index (χ0n) is 15.5. The van der Waals surface area contributed by atoms with Crippen LogP contribution in [0.2, 0.25) is 10.0 Å². The number of alkyl halides is 2. The summed E-state index contributed by atoms with van der Waals surface area (Å²) in [5.74, 6) is 0.155. The van der Waals surface area contributed by atoms with Crippen LogP contribution in [0.4, 0.5) is 20.5 Å². The number of nitrogens with zero attached hydrogens (tertiary/aromatic N) is 3. The molecule has 3 atom stereocenters. The number of aliphatic hydroxyl groups excluding tert-OH is 1. The fourth-order valence-corrected chi connectivity index (χ4v) is 3.64. The summed E-state index contributed by atoms with van der Waals surface area (Å²) in [4.78, 5) is 10.2. The number of hydrogen-bond donors (Lipinski definition) is 3. The number of hydrogen-bond acceptors (Lipinski definition) is 7. The lowest BCUT2D eigenvalue weighted by Crippen LogP contribution is -2.51. The summed E-state index contributed by atoms with van der Waals surface area (Å²) in [7, 11) is 0. The Hall–Kier alpha value is -1.94. The fourth-order valence-electron chi connectivity index (χ4n) is 3.07. The van der Waals surface area contributed by atoms with Crippen molar-refractivity contribution in [1.29, 1.82) is 0 Å². The lowest BCUT2D eigenvalue weighted by Gasteiger charge is -2.34. The van der Waals surface area contributed by atoms with E-state index in [9.17, 15) is 13.9 Å². The van der Waals surface area contributed by atoms with Crippen molar-refractivity contribution in [2.24, 2.45) is 5.73 Å². The second kappa shape index (κ2) is 9.25. The van der Waals surface area contributed by atoms with Gasteiger partial charge in [0.1, 0.15) is 0 Å². The van der Waals surface area contributed by atoms with Crippen LogP contribution in [0.25, 0.3) is 0 Å². The molecule has 4 N–H and O–H groups in total. The number of β-amino-alcohol motifs (C(OH)–C–C–N with tert-alkyl or cyclic N) is 1. The molecule has 0 amide bonds. The van der Waals surface area contributed by atoms with Crippen molar-refractivity contribution in [2.75, 3.05) is 23.3 Å². The molecule has 11 heteroatoms. The Labute approximate surface area is 176 Å². The molecular weight excluding hydrogens is 427 g/mol. The Bertz CT molecular complexity index is 861. The molecule has 2 aromatic rings. The van der Waals surface area contributed by atoms with Gasteiger partial charge in [0.05, 0.1) is 18.3 Å². The van der Waals surface area contributed by atoms with Crippen molar-refractivity contribution in [3.05, 3.63) is 40.0 Å². The predicted molar refractivity (Wildman–Crippen MR) is 108 cm³/mol. The number of halogens is 4. The van der Waals surface area contributed by atoms with Gasteiger partial charge in [0.25, 0.3) is 0 Å². The van der Waals surface area contributed by atoms with Gasteiger partial charge in [-0.25, -0.2) is 4.98 Å². The van der Waals surface area contributed by atoms with E-state index in [1.807, 2.05) is 0 Å². The van der Waals surface area contributed by atoms with E-state index in [0.29, 0.717) is 28.6 Å². The number of aliphatic hydroxyl groups is 1. The molecule has 1 fully saturated rings. The Morgan fingerprint density at radius 3 is 2.79 bits per heavy atom. The highest BCUT2D eigenvalue weighted by Gasteiger charge is 2.27. The summed E-state index contributed by atoms with van der Waals surface area (Å²) in [5.41, 5.74) is 6.53. The van der Waals surface area contributed by atoms with Crippen LogP contribution in [0.5, 0.6) is 5.75 Å². The van der Waals surface area contributed by atoms with Crippen molar-refractivity contribution in [3.63, 3.8) is 0 Å². The van der Waals surface area contributed by atoms with E-state index in [1.54, 1.807) is 30.0 Å². The maximum Gasteiger partial charge on any atom is 0.387 e. The van der Waals surface area contributed by atoms with Crippen LogP contribution < -0.4 is 20.7 Å². The zero-order valence-corrected chi connectivity index (χ0v) is 17.0. The van der Waals surface area contributed by atoms with Crippen LogP contribution in [-0.4, -0.2) is 46.9 Å². The average Bonchev–Trinajstić information content (AvgIpc) is 2.65. The molecule has 158 valence electrons. The first kappa shape index (κ1) is 21.8. The van der Waals surface area contributed by atoms with Crippen LogP contribution in [0.15, 0.2) is 24.4 Å². The Morgan fingerprint density at radius 1 is 1.38 bits per heavy atom. The van der Waals surface area contributed by atoms with E-state index < -0.39 is 12.7 Å². The van der Waals surface area contributed by atoms with Gasteiger partial charge in [-0.15, -0.1) is 0 Å². The molecule has 0 radical (unpaired) electrons. The monoisotopic (exact) mass is 447 g/mol. The molecule has 0 spiro atoms. The van der Waals surface area contributed by atoms with Gasteiger partial charge in [-0.3, -0.25) is 0 Å². The van der Waals surface area contributed by atoms with E-state index in [0.717, 1.165) is 0 Å². The van der Waals surface area contributed by atoms with Crippen molar-refractivity contribution in [3.8, 4) is 5.75 Å². The second-order valence-electron chi connectivity index (χ2n) is 6.76. The van der Waals surface area contributed by atoms with Gasteiger partial charge < -0.3 is 25.8 Å². The molecule has 7 nitrogen and oxygen atoms in total. The number of nitrogens with two attached hydrogens (primary N) is 1. The highest BCUT2D eigenvalue weighted by molar-refractivity contribution is 6.35. The first-order valence-corrected chi connectivity index (χ1v) is 9.72. The SMILES string of the molecule is CC(Nc1nc(N2CC[C@H](N)[C@@H](O)C2)ncc1OC(F)F)c1ccc(Cl)cc1Cl. The molecule has 0 bridgehead atoms. The molecular formula is C18H21Cl2F2N5O2. The van der Waals surface area contributed by atoms with E-state index in [1.165, 1.54) is 6.20 Å². The summed E-state index contributed by atoms with van der Waals surface area (Å²) < 4.78 is 30.2. The summed E-state index contributed by atoms with van der Waals surface area (Å²) in [6.45, 7) is -0.457. The number of nitrogens with one attached hydrogen (secondary N) is 1. The van der Waals surface area contributed by atoms with E-state index in [2.05, 4.69) is 20.0 Å². The third kappa shape index (κ3) is 5.36. The number of anilines is 2. The number of ether oxygens (including phenoxy) is 1. The molecule has 0 saturated carbocycles. The molecule has 2 heterocycles. The number of rotatable bonds is 6. The maximum absolute atomic E-state index is 12.8. The summed E-state index contributed by atoms with van der Waals surface area (Å²) >= 11 is 12.2. The summed E-state index contributed by atoms with van der Waals surface area (Å²) in [6.07, 6.45) is 1.00. The van der Waals surface area contributed by atoms with Crippen LogP contribution >= 0.6 is 23.2 Å². The summed E-state index contributed by atoms with van der Waals surface area (Å²) in [6, 6.07) is 4.30. The minimum atomic E-state index is -3.03. The molecule has 1 aliphatic rings. The fraction of sp³-hybridized carbons (Fsp3) is 0.444. The van der Waals surface area contributed by atoms with Crippen LogP contribution in [-0.2, 0) is 0 Å². The van der Waals surface area contributed by atoms with Crippen LogP contribution in [0.1, 0.15) is 24.9 Å². The van der Waals surface area contributed by atoms with Crippen LogP contribution in [0.3, 0.4) is 0 Å². The minimum Gasteiger partial charge on any atom is -0.429 e. The molecule has 1 saturated heterocycles. The van der Waals surface area contributed by atoms with Gasteiger partial charge in [-0.1, -0.05) is 29.3 Å². The highest BCUT2D eigenvalue weighted by Crippen LogP contribution is 2.32. The molecule has 1 aliphatic heterocycles. The number of piperidine rings is 1. The first-order chi connectivity index (χ1) is 13.7. The van der Waals surface area contributed by atoms with Crippen LogP contribution in [0, 0.1) is 0 Å². The van der Waals surface area contributed by atoms with Gasteiger partial charge in [-0.2, -0.15) is 13.8 Å². The topological polar surface area (TPSA) is 96.5 Å². The summed E-state index contributed by atoms with van der Waals surface area (Å²) in [5, 5.41) is 14.0. The average molecular weight is 448 g/mol. The standard InChI is InChI=1S/C18H21Cl2F2N5O2/c1-9(11-3-2-10(19)6-12(11)20)25-16-15(29-17(21)22)7-24-18(26-16)27-5-4-13(23)14(28)8-27/h2-3,6-7,9,13-14,17,28H,4-5,8,23H2,1H3,(H,24,25,26)/t9?,13-,14-/m0/s1. The van der Waals surface area contributed by atoms with Gasteiger partial charge >= 0.3 is 6.61 Å². The molecule has 0 aliphatic carbocycles. The van der Waals surface area contributed by atoms with E-state index in [4.69, 9.17) is 28.9 Å². The molecule has 1 unspecified atom stereocenters. The second-order valence-corrected chi connectivity index (χ2v) is 7.60. The van der Waals surface area contributed by atoms with Gasteiger partial charge in [0, 0.05) is 29.2 Å². The Kier molecular flexibility index (Phi) is 6.94. The third-order valence-electron chi connectivity index (χ3n) is 4.66. The Morgan fingerprint density at radius 2 is 2.14 bits per heavy atom. The van der Waals surface area contributed by atoms with E-state index >= 15 is 0 Å². The maximum atomic E-state index is 12.8. The quantitative estimate of drug-likeness (QED) is 0.623. The Balaban J connectivity index is 1.87. The number of aromatic nitrogens is 2. The van der Waals surface area contributed by atoms with Gasteiger partial charge in [0.2, 0.25) is 5.95 Å². The van der Waals surface area contributed by atoms with Gasteiger partial charge in [-0.05, 0) is 31.0 Å². The lowest BCUT2D eigenvalue weighted by atomic mass is 10.0. The zero-order chi connectivity index (χ0) is 21.1. The first-order valence-electron chi connectivity index (χ1n) is 8.96. The largest absolute Gasteiger partial charge is 0.429 e. The van der Waals surface area contributed by atoms with E-state index in [-0.39, 0.29) is 36.1 Å². The van der Waals surface area contributed by atoms with Crippen molar-refractivity contribution >= 4 is 35.0 Å². The third-order valence-corrected chi connectivity index (χ3v) is 5.22. The molecule has 1 aromatic heterocycles. The van der Waals surface area contributed by atoms with Crippen molar-refractivity contribution in [1.82, 2.24) is 9.97 Å². The van der Waals surface area contributed by atoms with Crippen molar-refractivity contribution in [2.45, 2.75) is 38.1 Å². The number of benzene rings is 1. The lowest BCUT2D eigenvalue weighted by molar-refractivity contribution is -0.0498. The minimum absolute atomic E-state index is 0.0816. The molecule has 3 rings (SSSR count). The van der Waals surface area contributed by atoms with Crippen molar-refractivity contribution < 1.29 is 18.6 Å². The molecule has 1 aromatic carbocycles. The molecule has 29 heavy (non-hydrogen) atoms.